The molecule has 0 amide bonds. The molecule has 0 radical (unpaired) electrons. The van der Waals surface area contributed by atoms with Gasteiger partial charge in [-0.25, -0.2) is 0 Å². The van der Waals surface area contributed by atoms with Gasteiger partial charge in [0.05, 0.1) is 9.79 Å². The van der Waals surface area contributed by atoms with Crippen molar-refractivity contribution < 1.29 is 25.2 Å². The van der Waals surface area contributed by atoms with Crippen molar-refractivity contribution in [3.8, 4) is 0 Å². The van der Waals surface area contributed by atoms with E-state index < -0.39 is 32.4 Å². The minimum atomic E-state index is -4.01. The van der Waals surface area contributed by atoms with Gasteiger partial charge in [-0.15, -0.1) is 0 Å². The minimum absolute atomic E-state index is 0.0452. The molecule has 1 aliphatic rings. The third-order valence-corrected chi connectivity index (χ3v) is 7.46. The quantitative estimate of drug-likeness (QED) is 0.657. The van der Waals surface area contributed by atoms with E-state index >= 15 is 0 Å². The number of hydrogen-bond donors (Lipinski definition) is 0. The number of hydrogen-bond acceptors (Lipinski definition) is 6. The van der Waals surface area contributed by atoms with Gasteiger partial charge in [-0.2, -0.15) is 16.8 Å². The molecular weight excluding hydrogens is 400 g/mol. The summed E-state index contributed by atoms with van der Waals surface area (Å²) in [5.74, 6) is 0. The van der Waals surface area contributed by atoms with Crippen molar-refractivity contribution in [3.05, 3.63) is 59.7 Å². The molecule has 0 N–H and O–H groups in total. The molecular formula is C20H24O6S2. The lowest BCUT2D eigenvalue weighted by atomic mass is 9.95. The molecule has 0 aliphatic heterocycles. The fourth-order valence-electron chi connectivity index (χ4n) is 3.13. The molecule has 152 valence electrons. The van der Waals surface area contributed by atoms with Crippen LogP contribution in [-0.2, 0) is 28.6 Å². The SMILES string of the molecule is Cc1ccc(S(=O)(=O)O[C@H]2CCCC[C@@H]2OS(=O)(=O)c2ccc(C)cc2)cc1. The lowest BCUT2D eigenvalue weighted by Gasteiger charge is -2.30. The molecule has 1 fully saturated rings. The molecule has 0 aromatic heterocycles. The van der Waals surface area contributed by atoms with Gasteiger partial charge in [0, 0.05) is 0 Å². The standard InChI is InChI=1S/C20H24O6S2/c1-15-7-11-17(12-8-15)27(21,22)25-19-5-3-4-6-20(19)26-28(23,24)18-13-9-16(2)10-14-18/h7-14,19-20H,3-6H2,1-2H3/t19-,20-/m0/s1. The van der Waals surface area contributed by atoms with Crippen LogP contribution in [0.1, 0.15) is 36.8 Å². The number of rotatable bonds is 6. The van der Waals surface area contributed by atoms with Gasteiger partial charge < -0.3 is 0 Å². The highest BCUT2D eigenvalue weighted by atomic mass is 32.2. The highest BCUT2D eigenvalue weighted by molar-refractivity contribution is 7.87. The molecule has 0 heterocycles. The molecule has 3 rings (SSSR count). The van der Waals surface area contributed by atoms with Crippen molar-refractivity contribution >= 4 is 20.2 Å². The molecule has 6 nitrogen and oxygen atoms in total. The Morgan fingerprint density at radius 3 is 1.29 bits per heavy atom. The van der Waals surface area contributed by atoms with E-state index in [9.17, 15) is 16.8 Å². The van der Waals surface area contributed by atoms with E-state index in [0.717, 1.165) is 24.0 Å². The van der Waals surface area contributed by atoms with Crippen LogP contribution in [0.5, 0.6) is 0 Å². The van der Waals surface area contributed by atoms with Crippen LogP contribution in [0.2, 0.25) is 0 Å². The summed E-state index contributed by atoms with van der Waals surface area (Å²) >= 11 is 0. The zero-order chi connectivity index (χ0) is 20.4. The van der Waals surface area contributed by atoms with Gasteiger partial charge in [0.25, 0.3) is 20.2 Å². The van der Waals surface area contributed by atoms with Crippen LogP contribution in [0, 0.1) is 13.8 Å². The Labute approximate surface area is 166 Å². The molecule has 0 saturated heterocycles. The van der Waals surface area contributed by atoms with Crippen LogP contribution >= 0.6 is 0 Å². The van der Waals surface area contributed by atoms with Crippen molar-refractivity contribution in [1.82, 2.24) is 0 Å². The summed E-state index contributed by atoms with van der Waals surface area (Å²) in [7, 11) is -8.02. The van der Waals surface area contributed by atoms with Crippen molar-refractivity contribution in [2.24, 2.45) is 0 Å². The Bertz CT molecular complexity index is 924. The number of aryl methyl sites for hydroxylation is 2. The maximum atomic E-state index is 12.6. The largest absolute Gasteiger partial charge is 0.297 e. The first kappa shape index (κ1) is 21.0. The van der Waals surface area contributed by atoms with E-state index in [1.807, 2.05) is 13.8 Å². The van der Waals surface area contributed by atoms with Crippen LogP contribution < -0.4 is 0 Å². The van der Waals surface area contributed by atoms with E-state index in [1.54, 1.807) is 24.3 Å². The average molecular weight is 425 g/mol. The van der Waals surface area contributed by atoms with Crippen molar-refractivity contribution in [2.75, 3.05) is 0 Å². The van der Waals surface area contributed by atoms with Crippen molar-refractivity contribution in [3.63, 3.8) is 0 Å². The van der Waals surface area contributed by atoms with Gasteiger partial charge in [-0.1, -0.05) is 48.2 Å². The van der Waals surface area contributed by atoms with Gasteiger partial charge in [-0.05, 0) is 51.0 Å². The van der Waals surface area contributed by atoms with E-state index in [4.69, 9.17) is 8.37 Å². The summed E-state index contributed by atoms with van der Waals surface area (Å²) in [5.41, 5.74) is 1.86. The predicted octanol–water partition coefficient (Wildman–Crippen LogP) is 3.73. The molecule has 2 aromatic carbocycles. The maximum Gasteiger partial charge on any atom is 0.297 e. The summed E-state index contributed by atoms with van der Waals surface area (Å²) < 4.78 is 61.2. The molecule has 0 bridgehead atoms. The highest BCUT2D eigenvalue weighted by Gasteiger charge is 2.35. The van der Waals surface area contributed by atoms with Crippen LogP contribution in [0.25, 0.3) is 0 Å². The Hall–Kier alpha value is -1.74. The van der Waals surface area contributed by atoms with Crippen molar-refractivity contribution in [1.29, 1.82) is 0 Å². The smallest absolute Gasteiger partial charge is 0.260 e. The van der Waals surface area contributed by atoms with E-state index in [0.29, 0.717) is 12.8 Å². The first-order valence-corrected chi connectivity index (χ1v) is 12.0. The van der Waals surface area contributed by atoms with Crippen LogP contribution in [-0.4, -0.2) is 29.0 Å². The Morgan fingerprint density at radius 1 is 0.643 bits per heavy atom. The molecule has 1 saturated carbocycles. The summed E-state index contributed by atoms with van der Waals surface area (Å²) in [6.45, 7) is 3.72. The molecule has 2 aromatic rings. The van der Waals surface area contributed by atoms with E-state index in [2.05, 4.69) is 0 Å². The first-order valence-electron chi connectivity index (χ1n) is 9.17. The van der Waals surface area contributed by atoms with Gasteiger partial charge in [0.2, 0.25) is 0 Å². The van der Waals surface area contributed by atoms with Crippen LogP contribution in [0.3, 0.4) is 0 Å². The second-order valence-electron chi connectivity index (χ2n) is 7.09. The second-order valence-corrected chi connectivity index (χ2v) is 10.2. The monoisotopic (exact) mass is 424 g/mol. The fraction of sp³-hybridized carbons (Fsp3) is 0.400. The van der Waals surface area contributed by atoms with Gasteiger partial charge in [0.1, 0.15) is 12.2 Å². The molecule has 2 atom stereocenters. The Kier molecular flexibility index (Phi) is 6.24. The lowest BCUT2D eigenvalue weighted by Crippen LogP contribution is -2.37. The van der Waals surface area contributed by atoms with Crippen molar-refractivity contribution in [2.45, 2.75) is 61.5 Å². The van der Waals surface area contributed by atoms with Gasteiger partial charge in [0.15, 0.2) is 0 Å². The highest BCUT2D eigenvalue weighted by Crippen LogP contribution is 2.30. The fourth-order valence-corrected chi connectivity index (χ4v) is 5.38. The molecule has 0 spiro atoms. The topological polar surface area (TPSA) is 86.7 Å². The Morgan fingerprint density at radius 2 is 0.964 bits per heavy atom. The maximum absolute atomic E-state index is 12.6. The lowest BCUT2D eigenvalue weighted by molar-refractivity contribution is 0.0311. The molecule has 1 aliphatic carbocycles. The first-order chi connectivity index (χ1) is 13.2. The second kappa shape index (κ2) is 8.32. The third-order valence-electron chi connectivity index (χ3n) is 4.76. The van der Waals surface area contributed by atoms with E-state index in [-0.39, 0.29) is 9.79 Å². The Balaban J connectivity index is 1.78. The summed E-state index contributed by atoms with van der Waals surface area (Å²) in [4.78, 5) is 0.0904. The zero-order valence-corrected chi connectivity index (χ0v) is 17.5. The summed E-state index contributed by atoms with van der Waals surface area (Å²) in [6.07, 6.45) is 0.635. The molecule has 8 heteroatoms. The predicted molar refractivity (Wildman–Crippen MR) is 105 cm³/mol. The summed E-state index contributed by atoms with van der Waals surface area (Å²) in [6, 6.07) is 12.7. The molecule has 0 unspecified atom stereocenters. The van der Waals surface area contributed by atoms with Crippen LogP contribution in [0.4, 0.5) is 0 Å². The molecule has 28 heavy (non-hydrogen) atoms. The normalized spacial score (nSPS) is 20.8. The summed E-state index contributed by atoms with van der Waals surface area (Å²) in [5, 5.41) is 0. The zero-order valence-electron chi connectivity index (χ0n) is 15.9. The third kappa shape index (κ3) is 5.00. The average Bonchev–Trinajstić information content (AvgIpc) is 2.64. The van der Waals surface area contributed by atoms with Crippen LogP contribution in [0.15, 0.2) is 58.3 Å². The van der Waals surface area contributed by atoms with Gasteiger partial charge >= 0.3 is 0 Å². The van der Waals surface area contributed by atoms with Gasteiger partial charge in [-0.3, -0.25) is 8.37 Å². The minimum Gasteiger partial charge on any atom is -0.260 e. The number of benzene rings is 2. The van der Waals surface area contributed by atoms with E-state index in [1.165, 1.54) is 24.3 Å².